The number of nitrogens with one attached hydrogen (secondary N) is 1. The van der Waals surface area contributed by atoms with E-state index in [9.17, 15) is 14.0 Å². The Bertz CT molecular complexity index is 513. The molecule has 1 rings (SSSR count). The van der Waals surface area contributed by atoms with Gasteiger partial charge in [0.2, 0.25) is 0 Å². The van der Waals surface area contributed by atoms with E-state index in [1.807, 2.05) is 0 Å². The van der Waals surface area contributed by atoms with Crippen LogP contribution in [0, 0.1) is 5.82 Å². The van der Waals surface area contributed by atoms with E-state index in [1.54, 1.807) is 0 Å². The molecule has 0 saturated carbocycles. The van der Waals surface area contributed by atoms with Gasteiger partial charge in [0, 0.05) is 8.07 Å². The smallest absolute Gasteiger partial charge is 0.407 e. The molecule has 1 aromatic carbocycles. The van der Waals surface area contributed by atoms with Crippen LogP contribution in [-0.4, -0.2) is 31.8 Å². The molecular weight excluding hydrogens is 305 g/mol. The van der Waals surface area contributed by atoms with Gasteiger partial charge in [0.25, 0.3) is 0 Å². The fraction of sp³-hybridized carbons (Fsp3) is 0.467. The number of rotatable bonds is 7. The summed E-state index contributed by atoms with van der Waals surface area (Å²) in [5, 5.41) is 11.5. The van der Waals surface area contributed by atoms with Crippen molar-refractivity contribution in [1.29, 1.82) is 0 Å². The van der Waals surface area contributed by atoms with Gasteiger partial charge in [0.15, 0.2) is 0 Å². The van der Waals surface area contributed by atoms with Crippen molar-refractivity contribution in [2.24, 2.45) is 0 Å². The number of halogens is 1. The van der Waals surface area contributed by atoms with Crippen LogP contribution < -0.4 is 5.32 Å². The Morgan fingerprint density at radius 3 is 2.36 bits per heavy atom. The number of ether oxygens (including phenoxy) is 1. The number of hydrogen-bond acceptors (Lipinski definition) is 3. The van der Waals surface area contributed by atoms with Gasteiger partial charge in [-0.15, -0.1) is 0 Å². The number of carboxylic acids is 1. The van der Waals surface area contributed by atoms with Crippen LogP contribution in [0.4, 0.5) is 9.18 Å². The Labute approximate surface area is 130 Å². The Kier molecular flexibility index (Phi) is 6.54. The van der Waals surface area contributed by atoms with Crippen molar-refractivity contribution in [1.82, 2.24) is 5.32 Å². The van der Waals surface area contributed by atoms with E-state index in [-0.39, 0.29) is 6.42 Å². The molecule has 1 atom stereocenters. The van der Waals surface area contributed by atoms with Crippen molar-refractivity contribution in [3.8, 4) is 0 Å². The quantitative estimate of drug-likeness (QED) is 0.753. The van der Waals surface area contributed by atoms with Crippen molar-refractivity contribution in [2.45, 2.75) is 38.1 Å². The SMILES string of the molecule is C[Si](C)(C)CCOC(=O)NC(CC(=O)O)c1ccc(F)cc1. The van der Waals surface area contributed by atoms with E-state index >= 15 is 0 Å². The monoisotopic (exact) mass is 327 g/mol. The van der Waals surface area contributed by atoms with E-state index in [0.717, 1.165) is 6.04 Å². The molecule has 0 fully saturated rings. The number of aliphatic carboxylic acids is 1. The first-order valence-corrected chi connectivity index (χ1v) is 10.8. The molecule has 7 heteroatoms. The lowest BCUT2D eigenvalue weighted by atomic mass is 10.0. The highest BCUT2D eigenvalue weighted by Gasteiger charge is 2.20. The average molecular weight is 327 g/mol. The van der Waals surface area contributed by atoms with Crippen LogP contribution in [0.15, 0.2) is 24.3 Å². The van der Waals surface area contributed by atoms with Crippen molar-refractivity contribution >= 4 is 20.1 Å². The average Bonchev–Trinajstić information content (AvgIpc) is 2.36. The molecule has 22 heavy (non-hydrogen) atoms. The molecule has 2 N–H and O–H groups in total. The molecule has 0 heterocycles. The maximum Gasteiger partial charge on any atom is 0.407 e. The molecule has 0 saturated heterocycles. The first kappa shape index (κ1) is 18.2. The zero-order valence-electron chi connectivity index (χ0n) is 13.1. The summed E-state index contributed by atoms with van der Waals surface area (Å²) < 4.78 is 18.0. The third kappa shape index (κ3) is 7.21. The molecule has 0 aromatic heterocycles. The Morgan fingerprint density at radius 2 is 1.86 bits per heavy atom. The van der Waals surface area contributed by atoms with Crippen LogP contribution in [0.3, 0.4) is 0 Å². The van der Waals surface area contributed by atoms with Gasteiger partial charge >= 0.3 is 12.1 Å². The molecule has 0 bridgehead atoms. The molecule has 0 aliphatic rings. The van der Waals surface area contributed by atoms with Crippen molar-refractivity contribution in [3.05, 3.63) is 35.6 Å². The van der Waals surface area contributed by atoms with Crippen LogP contribution in [0.1, 0.15) is 18.0 Å². The van der Waals surface area contributed by atoms with E-state index < -0.39 is 32.0 Å². The Hall–Kier alpha value is -1.89. The predicted octanol–water partition coefficient (Wildman–Crippen LogP) is 3.41. The van der Waals surface area contributed by atoms with Gasteiger partial charge in [-0.3, -0.25) is 4.79 Å². The van der Waals surface area contributed by atoms with Crippen LogP contribution in [0.2, 0.25) is 25.7 Å². The minimum Gasteiger partial charge on any atom is -0.481 e. The van der Waals surface area contributed by atoms with Crippen LogP contribution in [-0.2, 0) is 9.53 Å². The van der Waals surface area contributed by atoms with Crippen molar-refractivity contribution in [2.75, 3.05) is 6.61 Å². The van der Waals surface area contributed by atoms with Gasteiger partial charge in [-0.1, -0.05) is 31.8 Å². The van der Waals surface area contributed by atoms with Gasteiger partial charge in [0.05, 0.1) is 19.1 Å². The van der Waals surface area contributed by atoms with Crippen molar-refractivity contribution < 1.29 is 23.8 Å². The summed E-state index contributed by atoms with van der Waals surface area (Å²) in [4.78, 5) is 22.7. The maximum absolute atomic E-state index is 12.9. The number of alkyl carbamates (subject to hydrolysis) is 1. The number of hydrogen-bond donors (Lipinski definition) is 2. The molecule has 1 aromatic rings. The molecule has 0 aliphatic carbocycles. The van der Waals surface area contributed by atoms with Gasteiger partial charge in [0.1, 0.15) is 5.82 Å². The third-order valence-corrected chi connectivity index (χ3v) is 4.73. The summed E-state index contributed by atoms with van der Waals surface area (Å²) in [7, 11) is -1.30. The second-order valence-corrected chi connectivity index (χ2v) is 11.9. The highest BCUT2D eigenvalue weighted by molar-refractivity contribution is 6.76. The number of amides is 1. The highest BCUT2D eigenvalue weighted by Crippen LogP contribution is 2.18. The number of carbonyl (C=O) groups excluding carboxylic acids is 1. The summed E-state index contributed by atoms with van der Waals surface area (Å²) >= 11 is 0. The summed E-state index contributed by atoms with van der Waals surface area (Å²) in [5.74, 6) is -1.48. The second-order valence-electron chi connectivity index (χ2n) is 6.29. The Balaban J connectivity index is 2.63. The van der Waals surface area contributed by atoms with E-state index in [2.05, 4.69) is 25.0 Å². The van der Waals surface area contributed by atoms with Crippen molar-refractivity contribution in [3.63, 3.8) is 0 Å². The fourth-order valence-corrected chi connectivity index (χ4v) is 2.47. The standard InChI is InChI=1S/C15H22FNO4Si/c1-22(2,3)9-8-21-15(20)17-13(10-14(18)19)11-4-6-12(16)7-5-11/h4-7,13H,8-10H2,1-3H3,(H,17,20)(H,18,19). The van der Waals surface area contributed by atoms with Gasteiger partial charge in [-0.25, -0.2) is 9.18 Å². The number of benzene rings is 1. The number of carboxylic acid groups (broad SMARTS) is 1. The zero-order valence-corrected chi connectivity index (χ0v) is 14.1. The molecular formula is C15H22FNO4Si. The zero-order chi connectivity index (χ0) is 16.8. The summed E-state index contributed by atoms with van der Waals surface area (Å²) in [6.45, 7) is 6.81. The van der Waals surface area contributed by atoms with Crippen LogP contribution in [0.25, 0.3) is 0 Å². The third-order valence-electron chi connectivity index (χ3n) is 3.03. The van der Waals surface area contributed by atoms with E-state index in [4.69, 9.17) is 9.84 Å². The minimum absolute atomic E-state index is 0.297. The summed E-state index contributed by atoms with van der Waals surface area (Å²) in [5.41, 5.74) is 0.519. The second kappa shape index (κ2) is 7.93. The Morgan fingerprint density at radius 1 is 1.27 bits per heavy atom. The lowest BCUT2D eigenvalue weighted by molar-refractivity contribution is -0.137. The van der Waals surface area contributed by atoms with Gasteiger partial charge in [-0.2, -0.15) is 0 Å². The topological polar surface area (TPSA) is 75.6 Å². The molecule has 0 radical (unpaired) electrons. The predicted molar refractivity (Wildman–Crippen MR) is 84.0 cm³/mol. The lowest BCUT2D eigenvalue weighted by Gasteiger charge is -2.19. The first-order valence-electron chi connectivity index (χ1n) is 7.08. The molecule has 0 spiro atoms. The molecule has 1 unspecified atom stereocenters. The molecule has 122 valence electrons. The van der Waals surface area contributed by atoms with Gasteiger partial charge in [-0.05, 0) is 23.7 Å². The van der Waals surface area contributed by atoms with E-state index in [1.165, 1.54) is 24.3 Å². The van der Waals surface area contributed by atoms with Gasteiger partial charge < -0.3 is 15.2 Å². The minimum atomic E-state index is -1.30. The number of carbonyl (C=O) groups is 2. The highest BCUT2D eigenvalue weighted by atomic mass is 28.3. The summed E-state index contributed by atoms with van der Waals surface area (Å²) in [6, 6.07) is 5.43. The normalized spacial score (nSPS) is 12.5. The lowest BCUT2D eigenvalue weighted by Crippen LogP contribution is -2.32. The molecule has 0 aliphatic heterocycles. The summed E-state index contributed by atoms with van der Waals surface area (Å²) in [6.07, 6.45) is -0.955. The fourth-order valence-electron chi connectivity index (χ4n) is 1.76. The molecule has 5 nitrogen and oxygen atoms in total. The molecule has 1 amide bonds. The van der Waals surface area contributed by atoms with Crippen LogP contribution >= 0.6 is 0 Å². The van der Waals surface area contributed by atoms with E-state index in [0.29, 0.717) is 12.2 Å². The first-order chi connectivity index (χ1) is 10.2. The largest absolute Gasteiger partial charge is 0.481 e. The van der Waals surface area contributed by atoms with Crippen LogP contribution in [0.5, 0.6) is 0 Å². The maximum atomic E-state index is 12.9.